The van der Waals surface area contributed by atoms with Gasteiger partial charge in [0.15, 0.2) is 0 Å². The SMILES string of the molecule is [C-]#Cc1ccc(SCC(C)C)cc1.[Li+]. The number of thioether (sulfide) groups is 1. The molecule has 1 aromatic carbocycles. The van der Waals surface area contributed by atoms with E-state index in [4.69, 9.17) is 6.42 Å². The van der Waals surface area contributed by atoms with Gasteiger partial charge < -0.3 is 6.42 Å². The summed E-state index contributed by atoms with van der Waals surface area (Å²) >= 11 is 1.86. The molecule has 0 bridgehead atoms. The van der Waals surface area contributed by atoms with E-state index in [-0.39, 0.29) is 18.9 Å². The molecule has 0 amide bonds. The Balaban J connectivity index is 0.00000169. The van der Waals surface area contributed by atoms with Crippen molar-refractivity contribution in [1.82, 2.24) is 0 Å². The molecule has 1 aromatic rings. The molecule has 0 aromatic heterocycles. The Morgan fingerprint density at radius 1 is 1.29 bits per heavy atom. The van der Waals surface area contributed by atoms with Crippen molar-refractivity contribution in [3.63, 3.8) is 0 Å². The van der Waals surface area contributed by atoms with Gasteiger partial charge in [-0.25, -0.2) is 0 Å². The minimum absolute atomic E-state index is 0. The van der Waals surface area contributed by atoms with Gasteiger partial charge in [0.05, 0.1) is 0 Å². The van der Waals surface area contributed by atoms with Crippen LogP contribution in [0.1, 0.15) is 19.4 Å². The third-order valence-electron chi connectivity index (χ3n) is 1.58. The second-order valence-electron chi connectivity index (χ2n) is 3.35. The molecule has 0 unspecified atom stereocenters. The van der Waals surface area contributed by atoms with Gasteiger partial charge in [0, 0.05) is 10.6 Å². The van der Waals surface area contributed by atoms with Crippen LogP contribution in [0.4, 0.5) is 0 Å². The summed E-state index contributed by atoms with van der Waals surface area (Å²) < 4.78 is 0. The fourth-order valence-corrected chi connectivity index (χ4v) is 1.75. The molecule has 0 fully saturated rings. The molecule has 0 aliphatic heterocycles. The third kappa shape index (κ3) is 4.82. The summed E-state index contributed by atoms with van der Waals surface area (Å²) in [5.74, 6) is 4.23. The first-order valence-corrected chi connectivity index (χ1v) is 5.36. The minimum Gasteiger partial charge on any atom is -0.366 e. The zero-order chi connectivity index (χ0) is 9.68. The largest absolute Gasteiger partial charge is 1.00 e. The maximum atomic E-state index is 6.93. The zero-order valence-electron chi connectivity index (χ0n) is 9.00. The predicted octanol–water partition coefficient (Wildman–Crippen LogP) is 0.377. The summed E-state index contributed by atoms with van der Waals surface area (Å²) in [7, 11) is 0. The fourth-order valence-electron chi connectivity index (χ4n) is 0.897. The van der Waals surface area contributed by atoms with Gasteiger partial charge in [-0.2, -0.15) is 0 Å². The molecule has 2 heteroatoms. The normalized spacial score (nSPS) is 9.29. The van der Waals surface area contributed by atoms with Gasteiger partial charge in [-0.15, -0.1) is 29.5 Å². The van der Waals surface area contributed by atoms with Crippen LogP contribution in [0, 0.1) is 18.3 Å². The molecule has 1 rings (SSSR count). The molecule has 0 heterocycles. The van der Waals surface area contributed by atoms with Crippen LogP contribution in [0.5, 0.6) is 0 Å². The zero-order valence-corrected chi connectivity index (χ0v) is 9.82. The molecule has 0 aliphatic carbocycles. The molecular weight excluding hydrogens is 183 g/mol. The summed E-state index contributed by atoms with van der Waals surface area (Å²) in [4.78, 5) is 1.27. The summed E-state index contributed by atoms with van der Waals surface area (Å²) in [6.45, 7) is 4.43. The maximum absolute atomic E-state index is 6.93. The van der Waals surface area contributed by atoms with Crippen molar-refractivity contribution in [3.05, 3.63) is 36.3 Å². The number of benzene rings is 1. The van der Waals surface area contributed by atoms with Crippen LogP contribution < -0.4 is 18.9 Å². The smallest absolute Gasteiger partial charge is 0.366 e. The van der Waals surface area contributed by atoms with Gasteiger partial charge in [0.2, 0.25) is 0 Å². The molecule has 14 heavy (non-hydrogen) atoms. The Bertz CT molecular complexity index is 295. The molecule has 68 valence electrons. The summed E-state index contributed by atoms with van der Waals surface area (Å²) in [5, 5.41) is 0. The summed E-state index contributed by atoms with van der Waals surface area (Å²) in [5.41, 5.74) is 0.842. The van der Waals surface area contributed by atoms with Crippen molar-refractivity contribution >= 4 is 11.8 Å². The average Bonchev–Trinajstić information content (AvgIpc) is 2.15. The van der Waals surface area contributed by atoms with Crippen molar-refractivity contribution in [1.29, 1.82) is 0 Å². The molecule has 0 aliphatic rings. The quantitative estimate of drug-likeness (QED) is 0.291. The van der Waals surface area contributed by atoms with E-state index in [1.807, 2.05) is 36.0 Å². The molecule has 0 saturated carbocycles. The van der Waals surface area contributed by atoms with Gasteiger partial charge in [-0.3, -0.25) is 5.92 Å². The van der Waals surface area contributed by atoms with Crippen LogP contribution in [0.15, 0.2) is 29.2 Å². The van der Waals surface area contributed by atoms with E-state index >= 15 is 0 Å². The van der Waals surface area contributed by atoms with E-state index in [1.165, 1.54) is 4.90 Å². The molecule has 0 spiro atoms. The van der Waals surface area contributed by atoms with Crippen molar-refractivity contribution in [3.8, 4) is 5.92 Å². The summed E-state index contributed by atoms with van der Waals surface area (Å²) in [6.07, 6.45) is 6.93. The number of rotatable bonds is 3. The average molecular weight is 196 g/mol. The van der Waals surface area contributed by atoms with Crippen LogP contribution in [-0.4, -0.2) is 5.75 Å². The van der Waals surface area contributed by atoms with Gasteiger partial charge in [0.25, 0.3) is 0 Å². The molecule has 0 atom stereocenters. The first kappa shape index (κ1) is 13.7. The predicted molar refractivity (Wildman–Crippen MR) is 58.2 cm³/mol. The van der Waals surface area contributed by atoms with Crippen LogP contribution in [0.2, 0.25) is 0 Å². The molecule has 0 N–H and O–H groups in total. The summed E-state index contributed by atoms with van der Waals surface area (Å²) in [6, 6.07) is 7.94. The van der Waals surface area contributed by atoms with E-state index in [1.54, 1.807) is 0 Å². The van der Waals surface area contributed by atoms with Crippen LogP contribution in [-0.2, 0) is 0 Å². The van der Waals surface area contributed by atoms with Gasteiger partial charge in [-0.05, 0) is 5.92 Å². The Morgan fingerprint density at radius 2 is 1.86 bits per heavy atom. The van der Waals surface area contributed by atoms with E-state index in [9.17, 15) is 0 Å². The van der Waals surface area contributed by atoms with E-state index in [0.29, 0.717) is 0 Å². The van der Waals surface area contributed by atoms with Gasteiger partial charge in [0.1, 0.15) is 0 Å². The standard InChI is InChI=1S/C12H13S.Li/c1-4-11-5-7-12(8-6-11)13-9-10(2)3;/h5-8,10H,9H2,2-3H3;/q-1;+1. The van der Waals surface area contributed by atoms with Crippen molar-refractivity contribution < 1.29 is 18.9 Å². The first-order chi connectivity index (χ1) is 6.22. The fraction of sp³-hybridized carbons (Fsp3) is 0.333. The van der Waals surface area contributed by atoms with Gasteiger partial charge >= 0.3 is 18.9 Å². The molecule has 0 saturated heterocycles. The topological polar surface area (TPSA) is 0 Å². The van der Waals surface area contributed by atoms with Crippen molar-refractivity contribution in [2.45, 2.75) is 18.7 Å². The van der Waals surface area contributed by atoms with E-state index in [2.05, 4.69) is 19.8 Å². The Morgan fingerprint density at radius 3 is 2.29 bits per heavy atom. The van der Waals surface area contributed by atoms with Crippen LogP contribution in [0.3, 0.4) is 0 Å². The number of hydrogen-bond acceptors (Lipinski definition) is 1. The van der Waals surface area contributed by atoms with Crippen molar-refractivity contribution in [2.75, 3.05) is 5.75 Å². The molecular formula is C12H13LiS. The van der Waals surface area contributed by atoms with E-state index in [0.717, 1.165) is 17.2 Å². The van der Waals surface area contributed by atoms with Crippen LogP contribution in [0.25, 0.3) is 0 Å². The number of hydrogen-bond donors (Lipinski definition) is 0. The van der Waals surface area contributed by atoms with E-state index < -0.39 is 0 Å². The monoisotopic (exact) mass is 196 g/mol. The second kappa shape index (κ2) is 7.08. The third-order valence-corrected chi connectivity index (χ3v) is 3.02. The Hall–Kier alpha value is -0.273. The minimum atomic E-state index is 0. The van der Waals surface area contributed by atoms with Crippen LogP contribution >= 0.6 is 11.8 Å². The Labute approximate surface area is 103 Å². The molecule has 0 nitrogen and oxygen atoms in total. The second-order valence-corrected chi connectivity index (χ2v) is 4.45. The first-order valence-electron chi connectivity index (χ1n) is 4.38. The van der Waals surface area contributed by atoms with Crippen molar-refractivity contribution in [2.24, 2.45) is 5.92 Å². The maximum Gasteiger partial charge on any atom is 1.00 e. The Kier molecular flexibility index (Phi) is 6.94. The van der Waals surface area contributed by atoms with Gasteiger partial charge in [-0.1, -0.05) is 26.0 Å². The molecule has 0 radical (unpaired) electrons.